The number of nitrogens with one attached hydrogen (secondary N) is 1. The zero-order valence-electron chi connectivity index (χ0n) is 18.1. The minimum atomic E-state index is -0.568. The molecule has 10 heteroatoms. The van der Waals surface area contributed by atoms with Gasteiger partial charge in [-0.3, -0.25) is 4.79 Å². The minimum Gasteiger partial charge on any atom is -0.493 e. The molecule has 0 aliphatic carbocycles. The maximum absolute atomic E-state index is 14.4. The van der Waals surface area contributed by atoms with Gasteiger partial charge in [-0.2, -0.15) is 0 Å². The predicted octanol–water partition coefficient (Wildman–Crippen LogP) is 3.93. The van der Waals surface area contributed by atoms with Gasteiger partial charge in [-0.15, -0.1) is 0 Å². The second-order valence-corrected chi connectivity index (χ2v) is 8.05. The molecule has 1 amide bonds. The Labute approximate surface area is 195 Å². The van der Waals surface area contributed by atoms with Crippen molar-refractivity contribution in [3.05, 3.63) is 47.5 Å². The monoisotopic (exact) mass is 474 g/mol. The molecule has 0 radical (unpaired) electrons. The van der Waals surface area contributed by atoms with Crippen LogP contribution in [0.1, 0.15) is 19.3 Å². The summed E-state index contributed by atoms with van der Waals surface area (Å²) >= 11 is 5.88. The Balaban J connectivity index is 1.55. The van der Waals surface area contributed by atoms with E-state index in [1.54, 1.807) is 29.2 Å². The van der Waals surface area contributed by atoms with Crippen LogP contribution in [0.3, 0.4) is 0 Å². The normalized spacial score (nSPS) is 14.4. The molecular formula is C23H24ClFN4O4. The van der Waals surface area contributed by atoms with Crippen molar-refractivity contribution in [1.29, 1.82) is 0 Å². The van der Waals surface area contributed by atoms with Crippen LogP contribution in [0.4, 0.5) is 15.9 Å². The number of ether oxygens (including phenoxy) is 2. The van der Waals surface area contributed by atoms with Gasteiger partial charge in [-0.1, -0.05) is 17.7 Å². The molecule has 0 atom stereocenters. The van der Waals surface area contributed by atoms with E-state index in [1.807, 2.05) is 0 Å². The molecule has 33 heavy (non-hydrogen) atoms. The topological polar surface area (TPSA) is 96.8 Å². The first-order valence-electron chi connectivity index (χ1n) is 10.6. The van der Waals surface area contributed by atoms with Crippen LogP contribution in [0, 0.1) is 5.82 Å². The van der Waals surface area contributed by atoms with Crippen LogP contribution in [-0.4, -0.2) is 58.8 Å². The Kier molecular flexibility index (Phi) is 7.10. The smallest absolute Gasteiger partial charge is 0.224 e. The summed E-state index contributed by atoms with van der Waals surface area (Å²) in [5.41, 5.74) is 0.797. The first-order chi connectivity index (χ1) is 16.0. The highest BCUT2D eigenvalue weighted by molar-refractivity contribution is 6.31. The lowest BCUT2D eigenvalue weighted by Gasteiger charge is -2.32. The number of anilines is 2. The fourth-order valence-corrected chi connectivity index (χ4v) is 3.97. The molecule has 1 aromatic heterocycles. The third-order valence-corrected chi connectivity index (χ3v) is 5.83. The van der Waals surface area contributed by atoms with Gasteiger partial charge < -0.3 is 24.8 Å². The molecule has 174 valence electrons. The van der Waals surface area contributed by atoms with Crippen LogP contribution in [0.15, 0.2) is 36.7 Å². The van der Waals surface area contributed by atoms with E-state index in [0.717, 1.165) is 0 Å². The van der Waals surface area contributed by atoms with Gasteiger partial charge in [0.25, 0.3) is 0 Å². The van der Waals surface area contributed by atoms with Gasteiger partial charge in [-0.05, 0) is 18.2 Å². The number of hydrogen-bond donors (Lipinski definition) is 2. The number of carbonyl (C=O) groups is 1. The SMILES string of the molecule is COc1cc2c(Nc3cccc(Cl)c3F)ncnc2cc1OC1CCN(C(=O)CCO)CC1. The molecule has 0 spiro atoms. The number of piperidine rings is 1. The van der Waals surface area contributed by atoms with Gasteiger partial charge in [0, 0.05) is 43.8 Å². The number of halogens is 2. The Bertz CT molecular complexity index is 1150. The standard InChI is InChI=1S/C23H24ClFN4O4/c1-32-19-11-15-18(26-13-27-23(15)28-17-4-2-3-16(24)22(17)25)12-20(19)33-14-5-8-29(9-6-14)21(31)7-10-30/h2-4,11-14,30H,5-10H2,1H3,(H,26,27,28). The largest absolute Gasteiger partial charge is 0.493 e. The second kappa shape index (κ2) is 10.2. The molecule has 1 aliphatic heterocycles. The van der Waals surface area contributed by atoms with E-state index >= 15 is 0 Å². The van der Waals surface area contributed by atoms with Crippen molar-refractivity contribution in [3.8, 4) is 11.5 Å². The van der Waals surface area contributed by atoms with E-state index in [4.69, 9.17) is 26.2 Å². The van der Waals surface area contributed by atoms with Crippen LogP contribution in [0.5, 0.6) is 11.5 Å². The van der Waals surface area contributed by atoms with Crippen molar-refractivity contribution in [1.82, 2.24) is 14.9 Å². The molecule has 0 unspecified atom stereocenters. The summed E-state index contributed by atoms with van der Waals surface area (Å²) in [7, 11) is 1.54. The minimum absolute atomic E-state index is 0.00994. The molecule has 2 N–H and O–H groups in total. The molecule has 8 nitrogen and oxygen atoms in total. The number of methoxy groups -OCH3 is 1. The first kappa shape index (κ1) is 23.0. The van der Waals surface area contributed by atoms with Crippen molar-refractivity contribution < 1.29 is 23.8 Å². The molecule has 2 heterocycles. The third-order valence-electron chi connectivity index (χ3n) is 5.54. The van der Waals surface area contributed by atoms with Crippen molar-refractivity contribution in [2.75, 3.05) is 32.1 Å². The van der Waals surface area contributed by atoms with Gasteiger partial charge in [-0.25, -0.2) is 14.4 Å². The lowest BCUT2D eigenvalue weighted by Crippen LogP contribution is -2.42. The van der Waals surface area contributed by atoms with Crippen LogP contribution < -0.4 is 14.8 Å². The number of aliphatic hydroxyl groups is 1. The molecule has 2 aromatic carbocycles. The van der Waals surface area contributed by atoms with Gasteiger partial charge in [0.2, 0.25) is 5.91 Å². The first-order valence-corrected chi connectivity index (χ1v) is 11.0. The summed E-state index contributed by atoms with van der Waals surface area (Å²) in [6, 6.07) is 8.20. The number of likely N-dealkylation sites (tertiary alicyclic amines) is 1. The Morgan fingerprint density at radius 2 is 2.06 bits per heavy atom. The van der Waals surface area contributed by atoms with Crippen molar-refractivity contribution in [2.24, 2.45) is 0 Å². The fourth-order valence-electron chi connectivity index (χ4n) is 3.80. The average molecular weight is 475 g/mol. The molecule has 0 bridgehead atoms. The lowest BCUT2D eigenvalue weighted by atomic mass is 10.1. The van der Waals surface area contributed by atoms with Gasteiger partial charge in [0.15, 0.2) is 17.3 Å². The van der Waals surface area contributed by atoms with E-state index in [2.05, 4.69) is 15.3 Å². The van der Waals surface area contributed by atoms with Crippen LogP contribution in [-0.2, 0) is 4.79 Å². The maximum atomic E-state index is 14.4. The summed E-state index contributed by atoms with van der Waals surface area (Å²) in [5.74, 6) is 0.810. The fraction of sp³-hybridized carbons (Fsp3) is 0.348. The van der Waals surface area contributed by atoms with E-state index in [-0.39, 0.29) is 35.7 Å². The number of rotatable bonds is 7. The molecular weight excluding hydrogens is 451 g/mol. The number of carbonyl (C=O) groups excluding carboxylic acids is 1. The molecule has 1 aliphatic rings. The summed E-state index contributed by atoms with van der Waals surface area (Å²) in [6.07, 6.45) is 2.77. The van der Waals surface area contributed by atoms with Gasteiger partial charge in [0.1, 0.15) is 18.2 Å². The van der Waals surface area contributed by atoms with E-state index in [1.165, 1.54) is 19.5 Å². The number of benzene rings is 2. The van der Waals surface area contributed by atoms with Crippen molar-refractivity contribution >= 4 is 39.9 Å². The number of nitrogens with zero attached hydrogens (tertiary/aromatic N) is 3. The number of aliphatic hydroxyl groups excluding tert-OH is 1. The zero-order chi connectivity index (χ0) is 23.4. The Morgan fingerprint density at radius 1 is 1.27 bits per heavy atom. The zero-order valence-corrected chi connectivity index (χ0v) is 18.8. The third kappa shape index (κ3) is 5.09. The number of fused-ring (bicyclic) bond motifs is 1. The Hall–Kier alpha value is -3.17. The summed E-state index contributed by atoms with van der Waals surface area (Å²) in [4.78, 5) is 22.3. The highest BCUT2D eigenvalue weighted by Crippen LogP contribution is 2.36. The number of hydrogen-bond acceptors (Lipinski definition) is 7. The number of aromatic nitrogens is 2. The van der Waals surface area contributed by atoms with Gasteiger partial charge in [0.05, 0.1) is 29.9 Å². The second-order valence-electron chi connectivity index (χ2n) is 7.64. The molecule has 3 aromatic rings. The Morgan fingerprint density at radius 3 is 2.79 bits per heavy atom. The van der Waals surface area contributed by atoms with E-state index < -0.39 is 5.82 Å². The molecule has 1 fully saturated rings. The highest BCUT2D eigenvalue weighted by atomic mass is 35.5. The van der Waals surface area contributed by atoms with Crippen LogP contribution in [0.25, 0.3) is 10.9 Å². The van der Waals surface area contributed by atoms with E-state index in [0.29, 0.717) is 54.2 Å². The molecule has 0 saturated carbocycles. The number of amides is 1. The van der Waals surface area contributed by atoms with Crippen molar-refractivity contribution in [2.45, 2.75) is 25.4 Å². The van der Waals surface area contributed by atoms with Crippen LogP contribution >= 0.6 is 11.6 Å². The quantitative estimate of drug-likeness (QED) is 0.535. The predicted molar refractivity (Wildman–Crippen MR) is 123 cm³/mol. The summed E-state index contributed by atoms with van der Waals surface area (Å²) < 4.78 is 26.1. The van der Waals surface area contributed by atoms with E-state index in [9.17, 15) is 9.18 Å². The van der Waals surface area contributed by atoms with Crippen molar-refractivity contribution in [3.63, 3.8) is 0 Å². The molecule has 4 rings (SSSR count). The maximum Gasteiger partial charge on any atom is 0.224 e. The average Bonchev–Trinajstić information content (AvgIpc) is 2.82. The molecule has 1 saturated heterocycles. The summed E-state index contributed by atoms with van der Waals surface area (Å²) in [6.45, 7) is 0.994. The summed E-state index contributed by atoms with van der Waals surface area (Å²) in [5, 5.41) is 12.6. The van der Waals surface area contributed by atoms with Gasteiger partial charge >= 0.3 is 0 Å². The van der Waals surface area contributed by atoms with Crippen LogP contribution in [0.2, 0.25) is 5.02 Å². The highest BCUT2D eigenvalue weighted by Gasteiger charge is 2.25. The lowest BCUT2D eigenvalue weighted by molar-refractivity contribution is -0.133.